The van der Waals surface area contributed by atoms with Gasteiger partial charge in [-0.25, -0.2) is 0 Å². The lowest BCUT2D eigenvalue weighted by Crippen LogP contribution is -2.64. The molecule has 8 nitrogen and oxygen atoms in total. The number of rotatable bonds is 11. The van der Waals surface area contributed by atoms with E-state index in [2.05, 4.69) is 17.6 Å². The molecule has 4 atom stereocenters. The largest absolute Gasteiger partial charge is 0.389 e. The van der Waals surface area contributed by atoms with E-state index in [4.69, 9.17) is 0 Å². The summed E-state index contributed by atoms with van der Waals surface area (Å²) in [5.74, 6) is -0.579. The summed E-state index contributed by atoms with van der Waals surface area (Å²) >= 11 is 0. The van der Waals surface area contributed by atoms with Crippen molar-refractivity contribution in [2.75, 3.05) is 26.2 Å². The summed E-state index contributed by atoms with van der Waals surface area (Å²) < 4.78 is 0. The summed E-state index contributed by atoms with van der Waals surface area (Å²) in [6.07, 6.45) is 1.59. The Morgan fingerprint density at radius 3 is 2.62 bits per heavy atom. The predicted octanol–water partition coefficient (Wildman–Crippen LogP) is 1.53. The minimum absolute atomic E-state index is 0.00948. The lowest BCUT2D eigenvalue weighted by Gasteiger charge is -2.38. The molecule has 2 aliphatic rings. The molecule has 1 aromatic rings. The Hall–Kier alpha value is -2.45. The normalized spacial score (nSPS) is 22.9. The first kappa shape index (κ1) is 26.2. The number of carbonyl (C=O) groups is 3. The Morgan fingerprint density at radius 1 is 1.21 bits per heavy atom. The van der Waals surface area contributed by atoms with Crippen LogP contribution in [0.25, 0.3) is 0 Å². The maximum atomic E-state index is 13.2. The van der Waals surface area contributed by atoms with Gasteiger partial charge in [0.1, 0.15) is 6.04 Å². The number of amides is 3. The fraction of sp³-hybridized carbons (Fsp3) is 0.654. The van der Waals surface area contributed by atoms with Crippen LogP contribution in [-0.2, 0) is 20.9 Å². The average Bonchev–Trinajstić information content (AvgIpc) is 3.19. The molecule has 0 aliphatic carbocycles. The number of benzene rings is 1. The lowest BCUT2D eigenvalue weighted by molar-refractivity contribution is -0.141. The van der Waals surface area contributed by atoms with Crippen LogP contribution in [0.15, 0.2) is 30.3 Å². The Balaban J connectivity index is 1.65. The van der Waals surface area contributed by atoms with Gasteiger partial charge in [0, 0.05) is 39.1 Å². The Kier molecular flexibility index (Phi) is 9.47. The van der Waals surface area contributed by atoms with Gasteiger partial charge in [0.15, 0.2) is 0 Å². The van der Waals surface area contributed by atoms with Crippen LogP contribution >= 0.6 is 0 Å². The third-order valence-corrected chi connectivity index (χ3v) is 6.71. The second-order valence-electron chi connectivity index (χ2n) is 10.0. The number of aliphatic hydroxyl groups is 1. The second kappa shape index (κ2) is 12.3. The highest BCUT2D eigenvalue weighted by molar-refractivity contribution is 5.89. The van der Waals surface area contributed by atoms with Crippen LogP contribution in [0, 0.1) is 11.8 Å². The molecule has 0 aromatic heterocycles. The first-order valence-corrected chi connectivity index (χ1v) is 12.6. The zero-order valence-corrected chi connectivity index (χ0v) is 20.7. The molecule has 34 heavy (non-hydrogen) atoms. The predicted molar refractivity (Wildman–Crippen MR) is 131 cm³/mol. The summed E-state index contributed by atoms with van der Waals surface area (Å²) in [6.45, 7) is 8.84. The number of carbonyl (C=O) groups excluding carboxylic acids is 3. The first-order valence-electron chi connectivity index (χ1n) is 12.6. The summed E-state index contributed by atoms with van der Waals surface area (Å²) in [7, 11) is 0. The van der Waals surface area contributed by atoms with E-state index in [0.717, 1.165) is 18.4 Å². The van der Waals surface area contributed by atoms with Crippen LogP contribution in [-0.4, -0.2) is 77.0 Å². The van der Waals surface area contributed by atoms with Gasteiger partial charge in [0.2, 0.25) is 17.7 Å². The van der Waals surface area contributed by atoms with Crippen LogP contribution in [0.4, 0.5) is 0 Å². The van der Waals surface area contributed by atoms with Gasteiger partial charge in [-0.2, -0.15) is 0 Å². The fourth-order valence-electron chi connectivity index (χ4n) is 4.81. The molecule has 0 saturated carbocycles. The number of piperazine rings is 1. The van der Waals surface area contributed by atoms with Crippen molar-refractivity contribution in [2.24, 2.45) is 11.8 Å². The van der Waals surface area contributed by atoms with E-state index < -0.39 is 24.1 Å². The van der Waals surface area contributed by atoms with Crippen LogP contribution in [0.1, 0.15) is 52.0 Å². The second-order valence-corrected chi connectivity index (χ2v) is 10.0. The number of nitrogens with one attached hydrogen (secondary N) is 2. The topological polar surface area (TPSA) is 102 Å². The number of unbranched alkanes of at least 4 members (excludes halogenated alkanes) is 1. The number of hydrogen-bond donors (Lipinski definition) is 3. The van der Waals surface area contributed by atoms with Gasteiger partial charge in [0.05, 0.1) is 18.1 Å². The minimum atomic E-state index is -1.06. The quantitative estimate of drug-likeness (QED) is 0.453. The highest BCUT2D eigenvalue weighted by atomic mass is 16.3. The van der Waals surface area contributed by atoms with E-state index in [0.29, 0.717) is 39.1 Å². The number of nitrogens with zero attached hydrogens (tertiary/aromatic N) is 2. The zero-order chi connectivity index (χ0) is 24.7. The zero-order valence-electron chi connectivity index (χ0n) is 20.7. The van der Waals surface area contributed by atoms with Gasteiger partial charge in [0.25, 0.3) is 0 Å². The van der Waals surface area contributed by atoms with E-state index in [-0.39, 0.29) is 30.1 Å². The molecule has 0 radical (unpaired) electrons. The van der Waals surface area contributed by atoms with Crippen LogP contribution in [0.2, 0.25) is 0 Å². The van der Waals surface area contributed by atoms with E-state index in [1.807, 2.05) is 44.2 Å². The Labute approximate surface area is 203 Å². The maximum Gasteiger partial charge on any atom is 0.242 e. The molecule has 2 unspecified atom stereocenters. The molecule has 8 heteroatoms. The maximum absolute atomic E-state index is 13.2. The molecule has 2 saturated heterocycles. The molecule has 0 spiro atoms. The van der Waals surface area contributed by atoms with Crippen molar-refractivity contribution in [1.82, 2.24) is 20.4 Å². The van der Waals surface area contributed by atoms with Gasteiger partial charge in [-0.3, -0.25) is 14.4 Å². The van der Waals surface area contributed by atoms with Crippen LogP contribution < -0.4 is 10.6 Å². The van der Waals surface area contributed by atoms with E-state index >= 15 is 0 Å². The van der Waals surface area contributed by atoms with E-state index in [1.165, 1.54) is 0 Å². The monoisotopic (exact) mass is 472 g/mol. The number of hydrogen-bond acceptors (Lipinski definition) is 5. The highest BCUT2D eigenvalue weighted by Crippen LogP contribution is 2.21. The number of aliphatic hydroxyl groups excluding tert-OH is 1. The Bertz CT molecular complexity index is 831. The third kappa shape index (κ3) is 6.79. The third-order valence-electron chi connectivity index (χ3n) is 6.71. The molecule has 0 bridgehead atoms. The van der Waals surface area contributed by atoms with Crippen molar-refractivity contribution >= 4 is 17.7 Å². The van der Waals surface area contributed by atoms with Crippen molar-refractivity contribution in [1.29, 1.82) is 0 Å². The smallest absolute Gasteiger partial charge is 0.242 e. The molecule has 3 amide bonds. The summed E-state index contributed by atoms with van der Waals surface area (Å²) in [5, 5.41) is 17.4. The van der Waals surface area contributed by atoms with E-state index in [9.17, 15) is 19.5 Å². The van der Waals surface area contributed by atoms with Gasteiger partial charge in [-0.05, 0) is 24.3 Å². The van der Waals surface area contributed by atoms with Gasteiger partial charge in [-0.15, -0.1) is 0 Å². The molecule has 3 rings (SSSR count). The van der Waals surface area contributed by atoms with Crippen molar-refractivity contribution in [3.05, 3.63) is 35.9 Å². The van der Waals surface area contributed by atoms with Crippen molar-refractivity contribution in [3.8, 4) is 0 Å². The molecule has 1 aromatic carbocycles. The lowest BCUT2D eigenvalue weighted by atomic mass is 9.92. The fourth-order valence-corrected chi connectivity index (χ4v) is 4.81. The Morgan fingerprint density at radius 2 is 1.94 bits per heavy atom. The van der Waals surface area contributed by atoms with Gasteiger partial charge < -0.3 is 25.5 Å². The van der Waals surface area contributed by atoms with Crippen molar-refractivity contribution in [2.45, 2.75) is 71.2 Å². The standard InChI is InChI=1S/C26H40N4O4/c1-4-5-12-29-17-20(15-22(29)31)25(33)28-21(14-18(2)3)24(32)23-26(34)30(13-11-27-23)16-19-9-7-6-8-10-19/h6-10,18,20-21,23-24,27,32H,4-5,11-17H2,1-3H3,(H,28,33)/t20?,21?,23-,24-/m0/s1. The van der Waals surface area contributed by atoms with Gasteiger partial charge >= 0.3 is 0 Å². The summed E-state index contributed by atoms with van der Waals surface area (Å²) in [4.78, 5) is 42.1. The summed E-state index contributed by atoms with van der Waals surface area (Å²) in [5.41, 5.74) is 1.04. The van der Waals surface area contributed by atoms with E-state index in [1.54, 1.807) is 9.80 Å². The minimum Gasteiger partial charge on any atom is -0.389 e. The SMILES string of the molecule is CCCCN1CC(C(=O)NC(CC(C)C)[C@H](O)[C@@H]2NCCN(Cc3ccccc3)C2=O)CC1=O. The molecule has 2 aliphatic heterocycles. The van der Waals surface area contributed by atoms with Crippen LogP contribution in [0.5, 0.6) is 0 Å². The average molecular weight is 473 g/mol. The van der Waals surface area contributed by atoms with Gasteiger partial charge in [-0.1, -0.05) is 57.5 Å². The first-order chi connectivity index (χ1) is 16.3. The van der Waals surface area contributed by atoms with Crippen molar-refractivity contribution < 1.29 is 19.5 Å². The van der Waals surface area contributed by atoms with Crippen molar-refractivity contribution in [3.63, 3.8) is 0 Å². The molecular formula is C26H40N4O4. The molecule has 2 fully saturated rings. The highest BCUT2D eigenvalue weighted by Gasteiger charge is 2.40. The number of likely N-dealkylation sites (tertiary alicyclic amines) is 1. The molecule has 2 heterocycles. The molecule has 3 N–H and O–H groups in total. The van der Waals surface area contributed by atoms with Crippen LogP contribution in [0.3, 0.4) is 0 Å². The molecular weight excluding hydrogens is 432 g/mol. The summed E-state index contributed by atoms with van der Waals surface area (Å²) in [6, 6.07) is 8.43. The molecule has 188 valence electrons.